The Hall–Kier alpha value is -3.23. The first kappa shape index (κ1) is 18.6. The molecule has 0 aliphatic carbocycles. The Kier molecular flexibility index (Phi) is 5.20. The molecule has 0 aliphatic heterocycles. The molecule has 0 unspecified atom stereocenters. The van der Waals surface area contributed by atoms with Crippen molar-refractivity contribution in [1.29, 1.82) is 0 Å². The number of rotatable bonds is 6. The predicted molar refractivity (Wildman–Crippen MR) is 98.5 cm³/mol. The number of hydrogen-bond acceptors (Lipinski definition) is 6. The molecule has 9 nitrogen and oxygen atoms in total. The summed E-state index contributed by atoms with van der Waals surface area (Å²) in [5.41, 5.74) is 1.24. The second-order valence-corrected chi connectivity index (χ2v) is 6.35. The molecule has 0 saturated carbocycles. The summed E-state index contributed by atoms with van der Waals surface area (Å²) in [6.45, 7) is 1.67. The van der Waals surface area contributed by atoms with Crippen molar-refractivity contribution in [1.82, 2.24) is 23.7 Å². The SMILES string of the molecule is Cc1cccc(CCCOC(=O)Cn2c(=O)c3c(ncn3C)n(C)c2=O)n1. The van der Waals surface area contributed by atoms with Crippen LogP contribution in [0.2, 0.25) is 0 Å². The van der Waals surface area contributed by atoms with Crippen molar-refractivity contribution in [2.45, 2.75) is 26.3 Å². The molecule has 3 rings (SSSR count). The number of fused-ring (bicyclic) bond motifs is 1. The van der Waals surface area contributed by atoms with Crippen LogP contribution in [0.1, 0.15) is 17.8 Å². The van der Waals surface area contributed by atoms with Gasteiger partial charge in [0, 0.05) is 25.5 Å². The van der Waals surface area contributed by atoms with Gasteiger partial charge in [-0.05, 0) is 31.9 Å². The Morgan fingerprint density at radius 2 is 2.00 bits per heavy atom. The Labute approximate surface area is 154 Å². The molecule has 0 bridgehead atoms. The standard InChI is InChI=1S/C18H21N5O4/c1-12-6-4-7-13(20-12)8-5-9-27-14(24)10-23-17(25)15-16(19-11-21(15)2)22(3)18(23)26/h4,6-7,11H,5,8-10H2,1-3H3. The number of carbonyl (C=O) groups excluding carboxylic acids is 1. The molecule has 3 heterocycles. The zero-order chi connectivity index (χ0) is 19.6. The highest BCUT2D eigenvalue weighted by molar-refractivity contribution is 5.72. The lowest BCUT2D eigenvalue weighted by Crippen LogP contribution is -2.41. The summed E-state index contributed by atoms with van der Waals surface area (Å²) in [5, 5.41) is 0. The van der Waals surface area contributed by atoms with Crippen LogP contribution in [0, 0.1) is 6.92 Å². The van der Waals surface area contributed by atoms with Gasteiger partial charge >= 0.3 is 11.7 Å². The monoisotopic (exact) mass is 371 g/mol. The Morgan fingerprint density at radius 1 is 1.22 bits per heavy atom. The number of pyridine rings is 1. The molecule has 0 fully saturated rings. The zero-order valence-electron chi connectivity index (χ0n) is 15.5. The van der Waals surface area contributed by atoms with Gasteiger partial charge in [0.15, 0.2) is 11.2 Å². The molecule has 3 aromatic rings. The number of aromatic nitrogens is 5. The van der Waals surface area contributed by atoms with E-state index in [2.05, 4.69) is 9.97 Å². The first-order valence-electron chi connectivity index (χ1n) is 8.57. The van der Waals surface area contributed by atoms with Crippen LogP contribution in [-0.4, -0.2) is 36.2 Å². The minimum atomic E-state index is -0.632. The zero-order valence-corrected chi connectivity index (χ0v) is 15.5. The number of imidazole rings is 1. The summed E-state index contributed by atoms with van der Waals surface area (Å²) < 4.78 is 8.81. The Morgan fingerprint density at radius 3 is 2.74 bits per heavy atom. The summed E-state index contributed by atoms with van der Waals surface area (Å²) >= 11 is 0. The quantitative estimate of drug-likeness (QED) is 0.457. The number of ether oxygens (including phenoxy) is 1. The maximum absolute atomic E-state index is 12.5. The third-order valence-electron chi connectivity index (χ3n) is 4.27. The van der Waals surface area contributed by atoms with Gasteiger partial charge in [0.2, 0.25) is 0 Å². The lowest BCUT2D eigenvalue weighted by atomic mass is 10.2. The van der Waals surface area contributed by atoms with Gasteiger partial charge < -0.3 is 9.30 Å². The molecule has 0 aromatic carbocycles. The molecule has 0 radical (unpaired) electrons. The van der Waals surface area contributed by atoms with E-state index in [4.69, 9.17) is 4.74 Å². The van der Waals surface area contributed by atoms with Crippen molar-refractivity contribution in [2.75, 3.05) is 6.61 Å². The normalized spacial score (nSPS) is 11.1. The van der Waals surface area contributed by atoms with Crippen molar-refractivity contribution < 1.29 is 9.53 Å². The molecular weight excluding hydrogens is 350 g/mol. The second-order valence-electron chi connectivity index (χ2n) is 6.35. The van der Waals surface area contributed by atoms with Gasteiger partial charge in [-0.15, -0.1) is 0 Å². The average Bonchev–Trinajstić information content (AvgIpc) is 3.02. The van der Waals surface area contributed by atoms with Gasteiger partial charge in [-0.1, -0.05) is 6.07 Å². The van der Waals surface area contributed by atoms with E-state index < -0.39 is 23.8 Å². The first-order chi connectivity index (χ1) is 12.9. The highest BCUT2D eigenvalue weighted by atomic mass is 16.5. The Balaban J connectivity index is 1.65. The molecule has 27 heavy (non-hydrogen) atoms. The molecule has 0 N–H and O–H groups in total. The third-order valence-corrected chi connectivity index (χ3v) is 4.27. The van der Waals surface area contributed by atoms with Gasteiger partial charge in [0.05, 0.1) is 12.9 Å². The van der Waals surface area contributed by atoms with Gasteiger partial charge in [0.1, 0.15) is 6.54 Å². The van der Waals surface area contributed by atoms with Crippen LogP contribution in [0.4, 0.5) is 0 Å². The predicted octanol–water partition coefficient (Wildman–Crippen LogP) is 0.313. The minimum absolute atomic E-state index is 0.192. The molecule has 0 aliphatic rings. The van der Waals surface area contributed by atoms with E-state index in [0.29, 0.717) is 12.8 Å². The summed E-state index contributed by atoms with van der Waals surface area (Å²) in [4.78, 5) is 45.4. The van der Waals surface area contributed by atoms with E-state index in [1.807, 2.05) is 25.1 Å². The van der Waals surface area contributed by atoms with Crippen LogP contribution in [0.5, 0.6) is 0 Å². The lowest BCUT2D eigenvalue weighted by molar-refractivity contribution is -0.144. The van der Waals surface area contributed by atoms with Gasteiger partial charge in [-0.2, -0.15) is 0 Å². The Bertz CT molecular complexity index is 1110. The summed E-state index contributed by atoms with van der Waals surface area (Å²) in [5.74, 6) is -0.632. The van der Waals surface area contributed by atoms with Crippen molar-refractivity contribution in [3.8, 4) is 0 Å². The molecule has 3 aromatic heterocycles. The highest BCUT2D eigenvalue weighted by Gasteiger charge is 2.17. The van der Waals surface area contributed by atoms with E-state index in [1.165, 1.54) is 22.5 Å². The highest BCUT2D eigenvalue weighted by Crippen LogP contribution is 2.04. The molecule has 9 heteroatoms. The van der Waals surface area contributed by atoms with Gasteiger partial charge in [-0.3, -0.25) is 19.1 Å². The molecule has 0 amide bonds. The molecular formula is C18H21N5O4. The number of nitrogens with zero attached hydrogens (tertiary/aromatic N) is 5. The van der Waals surface area contributed by atoms with E-state index >= 15 is 0 Å². The van der Waals surface area contributed by atoms with E-state index in [-0.39, 0.29) is 17.8 Å². The van der Waals surface area contributed by atoms with Crippen molar-refractivity contribution >= 4 is 17.1 Å². The number of esters is 1. The lowest BCUT2D eigenvalue weighted by Gasteiger charge is -2.09. The molecule has 142 valence electrons. The van der Waals surface area contributed by atoms with E-state index in [1.54, 1.807) is 7.05 Å². The molecule has 0 saturated heterocycles. The number of hydrogen-bond donors (Lipinski definition) is 0. The van der Waals surface area contributed by atoms with Crippen LogP contribution >= 0.6 is 0 Å². The summed E-state index contributed by atoms with van der Waals surface area (Å²) in [6.07, 6.45) is 2.74. The van der Waals surface area contributed by atoms with Crippen LogP contribution in [0.25, 0.3) is 11.2 Å². The molecule has 0 spiro atoms. The first-order valence-corrected chi connectivity index (χ1v) is 8.57. The fourth-order valence-corrected chi connectivity index (χ4v) is 2.89. The van der Waals surface area contributed by atoms with Crippen molar-refractivity contribution in [2.24, 2.45) is 14.1 Å². The summed E-state index contributed by atoms with van der Waals surface area (Å²) in [6, 6.07) is 5.77. The number of aryl methyl sites for hydroxylation is 4. The smallest absolute Gasteiger partial charge is 0.333 e. The molecule has 0 atom stereocenters. The van der Waals surface area contributed by atoms with E-state index in [9.17, 15) is 14.4 Å². The third kappa shape index (κ3) is 3.81. The van der Waals surface area contributed by atoms with Crippen LogP contribution in [0.15, 0.2) is 34.1 Å². The van der Waals surface area contributed by atoms with Crippen molar-refractivity contribution in [3.63, 3.8) is 0 Å². The van der Waals surface area contributed by atoms with Crippen molar-refractivity contribution in [3.05, 3.63) is 56.8 Å². The van der Waals surface area contributed by atoms with Gasteiger partial charge in [-0.25, -0.2) is 14.3 Å². The number of carbonyl (C=O) groups is 1. The summed E-state index contributed by atoms with van der Waals surface area (Å²) in [7, 11) is 3.16. The van der Waals surface area contributed by atoms with Crippen LogP contribution in [-0.2, 0) is 36.6 Å². The second kappa shape index (κ2) is 7.56. The maximum atomic E-state index is 12.5. The fourth-order valence-electron chi connectivity index (χ4n) is 2.89. The van der Waals surface area contributed by atoms with E-state index in [0.717, 1.165) is 16.0 Å². The average molecular weight is 371 g/mol. The maximum Gasteiger partial charge on any atom is 0.333 e. The van der Waals surface area contributed by atoms with Gasteiger partial charge in [0.25, 0.3) is 5.56 Å². The van der Waals surface area contributed by atoms with Crippen LogP contribution < -0.4 is 11.2 Å². The minimum Gasteiger partial charge on any atom is -0.464 e. The van der Waals surface area contributed by atoms with Crippen LogP contribution in [0.3, 0.4) is 0 Å². The topological polar surface area (TPSA) is 101 Å². The largest absolute Gasteiger partial charge is 0.464 e. The fraction of sp³-hybridized carbons (Fsp3) is 0.389.